The molecule has 8 heteroatoms. The molecule has 0 N–H and O–H groups in total. The van der Waals surface area contributed by atoms with Crippen LogP contribution in [0.3, 0.4) is 0 Å². The summed E-state index contributed by atoms with van der Waals surface area (Å²) in [6, 6.07) is 12.9. The lowest BCUT2D eigenvalue weighted by atomic mass is 9.97. The van der Waals surface area contributed by atoms with Gasteiger partial charge >= 0.3 is 0 Å². The molecule has 4 aromatic rings. The number of hydrogen-bond acceptors (Lipinski definition) is 6. The van der Waals surface area contributed by atoms with Gasteiger partial charge in [-0.05, 0) is 36.4 Å². The van der Waals surface area contributed by atoms with Crippen molar-refractivity contribution < 1.29 is 8.91 Å². The number of benzene rings is 2. The van der Waals surface area contributed by atoms with Crippen LogP contribution < -0.4 is 5.56 Å². The zero-order chi connectivity index (χ0) is 20.6. The highest BCUT2D eigenvalue weighted by Crippen LogP contribution is 2.26. The largest absolute Gasteiger partial charge is 0.339 e. The molecule has 0 saturated heterocycles. The maximum Gasteiger partial charge on any atom is 0.266 e. The third-order valence-electron chi connectivity index (χ3n) is 4.27. The summed E-state index contributed by atoms with van der Waals surface area (Å²) >= 11 is 1.33. The standard InChI is InChI=1S/C21H19FN4O2S/c1-21(2,3)19-24-17(25-28-19)12-29-20-23-16-7-5-4-6-15(16)18(27)26(20)14-10-8-13(22)9-11-14/h4-11H,12H2,1-3H3. The second-order valence-corrected chi connectivity index (χ2v) is 8.53. The van der Waals surface area contributed by atoms with Gasteiger partial charge in [-0.25, -0.2) is 9.37 Å². The summed E-state index contributed by atoms with van der Waals surface area (Å²) in [7, 11) is 0. The Bertz CT molecular complexity index is 1230. The van der Waals surface area contributed by atoms with E-state index in [1.165, 1.54) is 28.5 Å². The Labute approximate surface area is 170 Å². The smallest absolute Gasteiger partial charge is 0.266 e. The third-order valence-corrected chi connectivity index (χ3v) is 5.20. The highest BCUT2D eigenvalue weighted by atomic mass is 32.2. The average molecular weight is 410 g/mol. The summed E-state index contributed by atoms with van der Waals surface area (Å²) in [6.07, 6.45) is 0. The van der Waals surface area contributed by atoms with E-state index in [0.717, 1.165) is 0 Å². The van der Waals surface area contributed by atoms with E-state index in [-0.39, 0.29) is 16.8 Å². The van der Waals surface area contributed by atoms with Crippen molar-refractivity contribution in [1.29, 1.82) is 0 Å². The van der Waals surface area contributed by atoms with Gasteiger partial charge in [-0.2, -0.15) is 4.98 Å². The lowest BCUT2D eigenvalue weighted by Crippen LogP contribution is -2.21. The minimum Gasteiger partial charge on any atom is -0.339 e. The molecular weight excluding hydrogens is 391 g/mol. The van der Waals surface area contributed by atoms with Gasteiger partial charge in [0.25, 0.3) is 5.56 Å². The minimum absolute atomic E-state index is 0.215. The predicted molar refractivity (Wildman–Crippen MR) is 110 cm³/mol. The number of rotatable bonds is 4. The van der Waals surface area contributed by atoms with Crippen LogP contribution in [0, 0.1) is 5.82 Å². The summed E-state index contributed by atoms with van der Waals surface area (Å²) in [5.41, 5.74) is 0.684. The molecule has 2 aromatic heterocycles. The first-order valence-corrected chi connectivity index (χ1v) is 10.0. The Morgan fingerprint density at radius 1 is 1.07 bits per heavy atom. The van der Waals surface area contributed by atoms with Crippen LogP contribution in [0.4, 0.5) is 4.39 Å². The van der Waals surface area contributed by atoms with Crippen LogP contribution in [-0.4, -0.2) is 19.7 Å². The molecule has 0 saturated carbocycles. The van der Waals surface area contributed by atoms with E-state index in [4.69, 9.17) is 4.52 Å². The number of fused-ring (bicyclic) bond motifs is 1. The van der Waals surface area contributed by atoms with E-state index in [2.05, 4.69) is 15.1 Å². The van der Waals surface area contributed by atoms with Crippen LogP contribution in [0.5, 0.6) is 0 Å². The van der Waals surface area contributed by atoms with Crippen molar-refractivity contribution in [3.05, 3.63) is 76.4 Å². The molecule has 0 bridgehead atoms. The van der Waals surface area contributed by atoms with E-state index < -0.39 is 0 Å². The number of nitrogens with zero attached hydrogens (tertiary/aromatic N) is 4. The Morgan fingerprint density at radius 2 is 1.79 bits per heavy atom. The van der Waals surface area contributed by atoms with Crippen LogP contribution in [0.2, 0.25) is 0 Å². The van der Waals surface area contributed by atoms with Gasteiger partial charge in [0.05, 0.1) is 22.3 Å². The molecule has 0 aliphatic heterocycles. The molecule has 0 spiro atoms. The van der Waals surface area contributed by atoms with Crippen molar-refractivity contribution in [2.75, 3.05) is 0 Å². The van der Waals surface area contributed by atoms with Crippen LogP contribution in [0.25, 0.3) is 16.6 Å². The molecule has 0 radical (unpaired) electrons. The first kappa shape index (κ1) is 19.3. The maximum absolute atomic E-state index is 13.4. The van der Waals surface area contributed by atoms with Crippen molar-refractivity contribution in [2.24, 2.45) is 0 Å². The summed E-state index contributed by atoms with van der Waals surface area (Å²) < 4.78 is 20.2. The molecule has 0 atom stereocenters. The zero-order valence-electron chi connectivity index (χ0n) is 16.2. The highest BCUT2D eigenvalue weighted by Gasteiger charge is 2.22. The first-order chi connectivity index (χ1) is 13.8. The summed E-state index contributed by atoms with van der Waals surface area (Å²) in [4.78, 5) is 22.2. The van der Waals surface area contributed by atoms with Gasteiger partial charge in [0.2, 0.25) is 5.89 Å². The fourth-order valence-corrected chi connectivity index (χ4v) is 3.63. The number of para-hydroxylation sites is 1. The van der Waals surface area contributed by atoms with Crippen molar-refractivity contribution in [3.8, 4) is 5.69 Å². The molecule has 148 valence electrons. The van der Waals surface area contributed by atoms with Gasteiger partial charge in [0.15, 0.2) is 11.0 Å². The predicted octanol–water partition coefficient (Wildman–Crippen LogP) is 4.50. The average Bonchev–Trinajstić information content (AvgIpc) is 3.17. The van der Waals surface area contributed by atoms with E-state index >= 15 is 0 Å². The molecule has 2 aromatic carbocycles. The summed E-state index contributed by atoms with van der Waals surface area (Å²) in [5, 5.41) is 5.00. The number of hydrogen-bond donors (Lipinski definition) is 0. The van der Waals surface area contributed by atoms with Crippen LogP contribution in [-0.2, 0) is 11.2 Å². The topological polar surface area (TPSA) is 73.8 Å². The van der Waals surface area contributed by atoms with Crippen LogP contribution in [0.15, 0.2) is 63.0 Å². The van der Waals surface area contributed by atoms with Gasteiger partial charge < -0.3 is 4.52 Å². The maximum atomic E-state index is 13.4. The third kappa shape index (κ3) is 3.93. The van der Waals surface area contributed by atoms with E-state index in [1.807, 2.05) is 26.8 Å². The van der Waals surface area contributed by atoms with Crippen molar-refractivity contribution in [2.45, 2.75) is 37.1 Å². The SMILES string of the molecule is CC(C)(C)c1nc(CSc2nc3ccccc3c(=O)n2-c2ccc(F)cc2)no1. The van der Waals surface area contributed by atoms with E-state index in [0.29, 0.717) is 39.2 Å². The second-order valence-electron chi connectivity index (χ2n) is 7.58. The van der Waals surface area contributed by atoms with Gasteiger partial charge in [-0.3, -0.25) is 9.36 Å². The fourth-order valence-electron chi connectivity index (χ4n) is 2.77. The van der Waals surface area contributed by atoms with Crippen LogP contribution in [0.1, 0.15) is 32.5 Å². The van der Waals surface area contributed by atoms with E-state index in [1.54, 1.807) is 30.3 Å². The molecule has 6 nitrogen and oxygen atoms in total. The lowest BCUT2D eigenvalue weighted by Gasteiger charge is -2.12. The van der Waals surface area contributed by atoms with Crippen molar-refractivity contribution >= 4 is 22.7 Å². The Hall–Kier alpha value is -3.00. The molecular formula is C21H19FN4O2S. The molecule has 2 heterocycles. The summed E-state index contributed by atoms with van der Waals surface area (Å²) in [5.74, 6) is 1.08. The zero-order valence-corrected chi connectivity index (χ0v) is 17.0. The minimum atomic E-state index is -0.369. The molecule has 0 aliphatic rings. The Morgan fingerprint density at radius 3 is 2.48 bits per heavy atom. The first-order valence-electron chi connectivity index (χ1n) is 9.06. The Kier molecular flexibility index (Phi) is 4.96. The molecule has 0 amide bonds. The molecule has 0 aliphatic carbocycles. The van der Waals surface area contributed by atoms with Gasteiger partial charge in [0.1, 0.15) is 5.82 Å². The number of thioether (sulfide) groups is 1. The number of halogens is 1. The van der Waals surface area contributed by atoms with Gasteiger partial charge in [-0.15, -0.1) is 0 Å². The fraction of sp³-hybridized carbons (Fsp3) is 0.238. The van der Waals surface area contributed by atoms with Gasteiger partial charge in [0, 0.05) is 5.41 Å². The highest BCUT2D eigenvalue weighted by molar-refractivity contribution is 7.98. The molecule has 29 heavy (non-hydrogen) atoms. The van der Waals surface area contributed by atoms with E-state index in [9.17, 15) is 9.18 Å². The molecule has 4 rings (SSSR count). The number of aromatic nitrogens is 4. The monoisotopic (exact) mass is 410 g/mol. The normalized spacial score (nSPS) is 11.9. The Balaban J connectivity index is 1.76. The van der Waals surface area contributed by atoms with Crippen molar-refractivity contribution in [1.82, 2.24) is 19.7 Å². The second kappa shape index (κ2) is 7.44. The summed E-state index contributed by atoms with van der Waals surface area (Å²) in [6.45, 7) is 5.98. The molecule has 0 fully saturated rings. The lowest BCUT2D eigenvalue weighted by molar-refractivity contribution is 0.319. The van der Waals surface area contributed by atoms with Gasteiger partial charge in [-0.1, -0.05) is 49.8 Å². The quantitative estimate of drug-likeness (QED) is 0.364. The molecule has 0 unspecified atom stereocenters. The van der Waals surface area contributed by atoms with Crippen molar-refractivity contribution in [3.63, 3.8) is 0 Å². The van der Waals surface area contributed by atoms with Crippen LogP contribution >= 0.6 is 11.8 Å².